The summed E-state index contributed by atoms with van der Waals surface area (Å²) in [5, 5.41) is 0. The Labute approximate surface area is 91.4 Å². The predicted molar refractivity (Wildman–Crippen MR) is 64.2 cm³/mol. The molecule has 1 aromatic carbocycles. The summed E-state index contributed by atoms with van der Waals surface area (Å²) < 4.78 is 0. The third-order valence-electron chi connectivity index (χ3n) is 2.27. The first-order chi connectivity index (χ1) is 6.02. The molecule has 0 saturated heterocycles. The molecule has 0 aliphatic carbocycles. The molecular formula is C12H18ClN. The Morgan fingerprint density at radius 2 is 1.86 bits per heavy atom. The van der Waals surface area contributed by atoms with Crippen molar-refractivity contribution in [2.24, 2.45) is 0 Å². The summed E-state index contributed by atoms with van der Waals surface area (Å²) in [7, 11) is 0. The maximum Gasteiger partial charge on any atom is 0.0661 e. The molecule has 0 spiro atoms. The minimum absolute atomic E-state index is 0. The fourth-order valence-corrected chi connectivity index (χ4v) is 1.28. The van der Waals surface area contributed by atoms with Gasteiger partial charge in [-0.15, -0.1) is 11.6 Å². The second kappa shape index (κ2) is 5.18. The van der Waals surface area contributed by atoms with E-state index in [1.54, 1.807) is 0 Å². The van der Waals surface area contributed by atoms with E-state index in [9.17, 15) is 0 Å². The molecule has 0 aromatic heterocycles. The highest BCUT2D eigenvalue weighted by Crippen LogP contribution is 2.27. The number of hydrogen-bond donors (Lipinski definition) is 1. The molecule has 1 unspecified atom stereocenters. The normalized spacial score (nSPS) is 13.9. The van der Waals surface area contributed by atoms with Gasteiger partial charge in [-0.3, -0.25) is 0 Å². The van der Waals surface area contributed by atoms with Crippen LogP contribution in [0.1, 0.15) is 19.4 Å². The third kappa shape index (κ3) is 3.52. The molecule has 0 bridgehead atoms. The molecule has 0 amide bonds. The van der Waals surface area contributed by atoms with Crippen molar-refractivity contribution in [2.45, 2.75) is 25.1 Å². The molecule has 0 aliphatic heterocycles. The van der Waals surface area contributed by atoms with Gasteiger partial charge in [0.05, 0.1) is 4.87 Å². The smallest absolute Gasteiger partial charge is 0.0661 e. The number of benzene rings is 1. The van der Waals surface area contributed by atoms with Crippen LogP contribution in [0.5, 0.6) is 0 Å². The summed E-state index contributed by atoms with van der Waals surface area (Å²) in [5.74, 6) is 0. The molecule has 78 valence electrons. The van der Waals surface area contributed by atoms with Crippen LogP contribution in [0.25, 0.3) is 0 Å². The van der Waals surface area contributed by atoms with Gasteiger partial charge in [0.1, 0.15) is 0 Å². The molecule has 1 atom stereocenters. The molecule has 0 radical (unpaired) electrons. The van der Waals surface area contributed by atoms with Gasteiger partial charge in [-0.2, -0.15) is 0 Å². The van der Waals surface area contributed by atoms with Gasteiger partial charge in [0.15, 0.2) is 0 Å². The van der Waals surface area contributed by atoms with E-state index in [-0.39, 0.29) is 11.0 Å². The summed E-state index contributed by atoms with van der Waals surface area (Å²) in [6.07, 6.45) is 0.838. The van der Waals surface area contributed by atoms with Gasteiger partial charge >= 0.3 is 0 Å². The van der Waals surface area contributed by atoms with Crippen LogP contribution in [0, 0.1) is 0 Å². The average molecular weight is 212 g/mol. The highest BCUT2D eigenvalue weighted by molar-refractivity contribution is 6.25. The van der Waals surface area contributed by atoms with Crippen LogP contribution in [-0.4, -0.2) is 4.87 Å². The Kier molecular flexibility index (Phi) is 4.89. The highest BCUT2D eigenvalue weighted by Gasteiger charge is 2.21. The molecule has 1 rings (SSSR count). The Bertz CT molecular complexity index is 290. The Morgan fingerprint density at radius 1 is 1.36 bits per heavy atom. The van der Waals surface area contributed by atoms with E-state index in [1.807, 2.05) is 32.0 Å². The lowest BCUT2D eigenvalue weighted by Gasteiger charge is -2.22. The van der Waals surface area contributed by atoms with E-state index in [4.69, 9.17) is 11.6 Å². The second-order valence-corrected chi connectivity index (χ2v) is 4.47. The molecule has 3 N–H and O–H groups in total. The van der Waals surface area contributed by atoms with E-state index >= 15 is 0 Å². The van der Waals surface area contributed by atoms with Crippen LogP contribution in [0.4, 0.5) is 0 Å². The Hall–Kier alpha value is -0.790. The van der Waals surface area contributed by atoms with Crippen LogP contribution in [0.15, 0.2) is 42.5 Å². The third-order valence-corrected chi connectivity index (χ3v) is 2.73. The maximum absolute atomic E-state index is 6.31. The lowest BCUT2D eigenvalue weighted by Crippen LogP contribution is -2.20. The molecule has 0 aliphatic rings. The van der Waals surface area contributed by atoms with Crippen LogP contribution >= 0.6 is 11.6 Å². The molecule has 0 heterocycles. The summed E-state index contributed by atoms with van der Waals surface area (Å²) >= 11 is 6.31. The van der Waals surface area contributed by atoms with Crippen molar-refractivity contribution in [2.75, 3.05) is 0 Å². The standard InChI is InChI=1S/C12H15Cl.H3N/c1-10(2)12(3,13)9-11-7-5-4-6-8-11;/h4-8H,1,9H2,2-3H3;1H3. The lowest BCUT2D eigenvalue weighted by atomic mass is 9.95. The first-order valence-corrected chi connectivity index (χ1v) is 4.79. The van der Waals surface area contributed by atoms with Crippen molar-refractivity contribution in [3.8, 4) is 0 Å². The van der Waals surface area contributed by atoms with Gasteiger partial charge in [-0.05, 0) is 25.8 Å². The molecular weight excluding hydrogens is 194 g/mol. The second-order valence-electron chi connectivity index (χ2n) is 3.64. The fourth-order valence-electron chi connectivity index (χ4n) is 1.13. The van der Waals surface area contributed by atoms with E-state index in [2.05, 4.69) is 18.7 Å². The Morgan fingerprint density at radius 3 is 2.29 bits per heavy atom. The van der Waals surface area contributed by atoms with Gasteiger partial charge in [0, 0.05) is 0 Å². The number of allylic oxidation sites excluding steroid dienone is 1. The first kappa shape index (κ1) is 13.2. The monoisotopic (exact) mass is 211 g/mol. The van der Waals surface area contributed by atoms with Crippen LogP contribution in [0.3, 0.4) is 0 Å². The average Bonchev–Trinajstić information content (AvgIpc) is 2.05. The topological polar surface area (TPSA) is 35.0 Å². The van der Waals surface area contributed by atoms with Crippen molar-refractivity contribution in [3.05, 3.63) is 48.0 Å². The largest absolute Gasteiger partial charge is 0.344 e. The highest BCUT2D eigenvalue weighted by atomic mass is 35.5. The summed E-state index contributed by atoms with van der Waals surface area (Å²) in [6.45, 7) is 7.86. The first-order valence-electron chi connectivity index (χ1n) is 4.41. The van der Waals surface area contributed by atoms with Gasteiger partial charge in [-0.1, -0.05) is 42.5 Å². The minimum Gasteiger partial charge on any atom is -0.344 e. The molecule has 1 aromatic rings. The van der Waals surface area contributed by atoms with Crippen molar-refractivity contribution in [1.82, 2.24) is 6.15 Å². The zero-order valence-corrected chi connectivity index (χ0v) is 9.64. The van der Waals surface area contributed by atoms with Crippen LogP contribution < -0.4 is 6.15 Å². The van der Waals surface area contributed by atoms with Crippen molar-refractivity contribution in [3.63, 3.8) is 0 Å². The minimum atomic E-state index is -0.318. The molecule has 0 saturated carbocycles. The SMILES string of the molecule is C=C(C)C(C)(Cl)Cc1ccccc1.N. The van der Waals surface area contributed by atoms with E-state index in [0.717, 1.165) is 12.0 Å². The van der Waals surface area contributed by atoms with Crippen molar-refractivity contribution in [1.29, 1.82) is 0 Å². The van der Waals surface area contributed by atoms with E-state index in [1.165, 1.54) is 5.56 Å². The number of halogens is 1. The summed E-state index contributed by atoms with van der Waals surface area (Å²) in [6, 6.07) is 10.2. The molecule has 1 nitrogen and oxygen atoms in total. The Balaban J connectivity index is 0.00000169. The van der Waals surface area contributed by atoms with Gasteiger partial charge in [0.25, 0.3) is 0 Å². The van der Waals surface area contributed by atoms with Gasteiger partial charge in [-0.25, -0.2) is 0 Å². The molecule has 14 heavy (non-hydrogen) atoms. The fraction of sp³-hybridized carbons (Fsp3) is 0.333. The van der Waals surface area contributed by atoms with Gasteiger partial charge in [0.2, 0.25) is 0 Å². The van der Waals surface area contributed by atoms with Crippen molar-refractivity contribution >= 4 is 11.6 Å². The number of rotatable bonds is 3. The number of hydrogen-bond acceptors (Lipinski definition) is 1. The zero-order valence-electron chi connectivity index (χ0n) is 8.89. The van der Waals surface area contributed by atoms with E-state index < -0.39 is 0 Å². The molecule has 0 fully saturated rings. The van der Waals surface area contributed by atoms with Gasteiger partial charge < -0.3 is 6.15 Å². The zero-order chi connectivity index (χ0) is 9.90. The lowest BCUT2D eigenvalue weighted by molar-refractivity contribution is 0.725. The summed E-state index contributed by atoms with van der Waals surface area (Å²) in [5.41, 5.74) is 2.26. The molecule has 2 heteroatoms. The van der Waals surface area contributed by atoms with Crippen LogP contribution in [-0.2, 0) is 6.42 Å². The summed E-state index contributed by atoms with van der Waals surface area (Å²) in [4.78, 5) is -0.318. The van der Waals surface area contributed by atoms with Crippen LogP contribution in [0.2, 0.25) is 0 Å². The number of alkyl halides is 1. The van der Waals surface area contributed by atoms with Crippen molar-refractivity contribution < 1.29 is 0 Å². The predicted octanol–water partition coefficient (Wildman–Crippen LogP) is 3.96. The quantitative estimate of drug-likeness (QED) is 0.596. The maximum atomic E-state index is 6.31. The van der Waals surface area contributed by atoms with E-state index in [0.29, 0.717) is 0 Å².